The average molecular weight is 479 g/mol. The van der Waals surface area contributed by atoms with Gasteiger partial charge in [-0.25, -0.2) is 0 Å². The van der Waals surface area contributed by atoms with E-state index in [9.17, 15) is 4.79 Å². The molecule has 1 unspecified atom stereocenters. The van der Waals surface area contributed by atoms with E-state index in [0.29, 0.717) is 28.8 Å². The largest absolute Gasteiger partial charge is 0.379 e. The van der Waals surface area contributed by atoms with Crippen molar-refractivity contribution in [1.82, 2.24) is 9.80 Å². The summed E-state index contributed by atoms with van der Waals surface area (Å²) in [6, 6.07) is 5.51. The predicted octanol–water partition coefficient (Wildman–Crippen LogP) is 4.82. The van der Waals surface area contributed by atoms with Gasteiger partial charge in [-0.2, -0.15) is 0 Å². The van der Waals surface area contributed by atoms with Crippen molar-refractivity contribution in [3.05, 3.63) is 51.5 Å². The zero-order valence-corrected chi connectivity index (χ0v) is 20.4. The van der Waals surface area contributed by atoms with Crippen LogP contribution in [0.1, 0.15) is 38.2 Å². The van der Waals surface area contributed by atoms with Crippen LogP contribution in [0.15, 0.2) is 35.9 Å². The summed E-state index contributed by atoms with van der Waals surface area (Å²) >= 11 is 12.2. The highest BCUT2D eigenvalue weighted by Crippen LogP contribution is 2.34. The van der Waals surface area contributed by atoms with E-state index in [4.69, 9.17) is 32.7 Å². The second-order valence-corrected chi connectivity index (χ2v) is 9.77. The molecule has 1 amide bonds. The van der Waals surface area contributed by atoms with Gasteiger partial charge in [-0.05, 0) is 50.3 Å². The molecule has 1 fully saturated rings. The summed E-state index contributed by atoms with van der Waals surface area (Å²) in [5.41, 5.74) is 2.99. The molecule has 4 rings (SSSR count). The SMILES string of the molecule is COC1CC[C@@H](N2CC=C(c3ccc(Cl)c(Cl)c3)C2=O)C[C@H]1OCCN1CC=C(C)CC1. The summed E-state index contributed by atoms with van der Waals surface area (Å²) in [6.07, 6.45) is 8.12. The van der Waals surface area contributed by atoms with E-state index >= 15 is 0 Å². The van der Waals surface area contributed by atoms with Crippen molar-refractivity contribution in [2.24, 2.45) is 0 Å². The smallest absolute Gasteiger partial charge is 0.254 e. The van der Waals surface area contributed by atoms with E-state index in [1.807, 2.05) is 17.0 Å². The van der Waals surface area contributed by atoms with E-state index in [2.05, 4.69) is 17.9 Å². The number of carbonyl (C=O) groups excluding carboxylic acids is 1. The Morgan fingerprint density at radius 3 is 2.66 bits per heavy atom. The number of benzene rings is 1. The van der Waals surface area contributed by atoms with Gasteiger partial charge >= 0.3 is 0 Å². The van der Waals surface area contributed by atoms with Crippen molar-refractivity contribution < 1.29 is 14.3 Å². The van der Waals surface area contributed by atoms with Gasteiger partial charge in [-0.15, -0.1) is 0 Å². The molecule has 5 nitrogen and oxygen atoms in total. The van der Waals surface area contributed by atoms with Gasteiger partial charge in [-0.1, -0.05) is 47.0 Å². The second-order valence-electron chi connectivity index (χ2n) is 8.96. The monoisotopic (exact) mass is 478 g/mol. The summed E-state index contributed by atoms with van der Waals surface area (Å²) in [5.74, 6) is 0.0541. The highest BCUT2D eigenvalue weighted by atomic mass is 35.5. The zero-order valence-electron chi connectivity index (χ0n) is 18.9. The fraction of sp³-hybridized carbons (Fsp3) is 0.560. The number of nitrogens with zero attached hydrogens (tertiary/aromatic N) is 2. The molecule has 1 aromatic rings. The third-order valence-corrected chi connectivity index (χ3v) is 7.66. The number of carbonyl (C=O) groups is 1. The van der Waals surface area contributed by atoms with E-state index in [0.717, 1.165) is 50.9 Å². The summed E-state index contributed by atoms with van der Waals surface area (Å²) in [5, 5.41) is 0.955. The third kappa shape index (κ3) is 5.40. The lowest BCUT2D eigenvalue weighted by atomic mass is 9.89. The van der Waals surface area contributed by atoms with Gasteiger partial charge in [0, 0.05) is 44.9 Å². The average Bonchev–Trinajstić information content (AvgIpc) is 3.18. The fourth-order valence-corrected chi connectivity index (χ4v) is 5.19. The lowest BCUT2D eigenvalue weighted by Gasteiger charge is -2.39. The molecular weight excluding hydrogens is 447 g/mol. The van der Waals surface area contributed by atoms with Crippen molar-refractivity contribution >= 4 is 34.7 Å². The Bertz CT molecular complexity index is 901. The van der Waals surface area contributed by atoms with Gasteiger partial charge in [0.25, 0.3) is 5.91 Å². The predicted molar refractivity (Wildman–Crippen MR) is 129 cm³/mol. The zero-order chi connectivity index (χ0) is 22.7. The normalized spacial score (nSPS) is 26.9. The minimum Gasteiger partial charge on any atom is -0.379 e. The highest BCUT2D eigenvalue weighted by molar-refractivity contribution is 6.42. The Kier molecular flexibility index (Phi) is 7.95. The quantitative estimate of drug-likeness (QED) is 0.526. The second kappa shape index (κ2) is 10.7. The van der Waals surface area contributed by atoms with Crippen LogP contribution in [-0.2, 0) is 14.3 Å². The Morgan fingerprint density at radius 1 is 1.09 bits per heavy atom. The van der Waals surface area contributed by atoms with Crippen LogP contribution >= 0.6 is 23.2 Å². The number of rotatable bonds is 7. The standard InChI is InChI=1S/C25H32Cl2N2O3/c1-17-7-10-28(11-8-17)13-14-32-24-16-19(4-6-23(24)31-2)29-12-9-20(25(29)30)18-3-5-21(26)22(27)15-18/h3,5,7,9,15,19,23-24H,4,6,8,10-14,16H2,1-2H3/t19-,23?,24-/m1/s1. The summed E-state index contributed by atoms with van der Waals surface area (Å²) in [7, 11) is 1.75. The first kappa shape index (κ1) is 23.8. The molecular formula is C25H32Cl2N2O3. The van der Waals surface area contributed by atoms with E-state index in [1.54, 1.807) is 19.2 Å². The lowest BCUT2D eigenvalue weighted by molar-refractivity contribution is -0.131. The fourth-order valence-electron chi connectivity index (χ4n) is 4.89. The molecule has 0 radical (unpaired) electrons. The van der Waals surface area contributed by atoms with E-state index < -0.39 is 0 Å². The minimum atomic E-state index is 0.00245. The van der Waals surface area contributed by atoms with Crippen LogP contribution in [0.4, 0.5) is 0 Å². The van der Waals surface area contributed by atoms with Crippen LogP contribution in [0.2, 0.25) is 10.0 Å². The Hall–Kier alpha value is -1.37. The molecule has 2 heterocycles. The molecule has 0 saturated heterocycles. The Balaban J connectivity index is 1.34. The molecule has 174 valence electrons. The molecule has 3 aliphatic rings. The van der Waals surface area contributed by atoms with Crippen molar-refractivity contribution in [2.45, 2.75) is 50.9 Å². The molecule has 7 heteroatoms. The van der Waals surface area contributed by atoms with Gasteiger partial charge in [0.05, 0.1) is 28.9 Å². The first-order chi connectivity index (χ1) is 15.5. The topological polar surface area (TPSA) is 42.0 Å². The van der Waals surface area contributed by atoms with Gasteiger partial charge in [-0.3, -0.25) is 9.69 Å². The van der Waals surface area contributed by atoms with Crippen LogP contribution in [0.25, 0.3) is 5.57 Å². The highest BCUT2D eigenvalue weighted by Gasteiger charge is 2.38. The summed E-state index contributed by atoms with van der Waals surface area (Å²) in [6.45, 7) is 6.52. The summed E-state index contributed by atoms with van der Waals surface area (Å²) in [4.78, 5) is 17.6. The molecule has 1 aromatic carbocycles. The Morgan fingerprint density at radius 2 is 1.94 bits per heavy atom. The van der Waals surface area contributed by atoms with Crippen molar-refractivity contribution in [2.75, 3.05) is 39.9 Å². The number of ether oxygens (including phenoxy) is 2. The van der Waals surface area contributed by atoms with Gasteiger partial charge in [0.2, 0.25) is 0 Å². The maximum atomic E-state index is 13.2. The van der Waals surface area contributed by atoms with Crippen molar-refractivity contribution in [3.8, 4) is 0 Å². The molecule has 32 heavy (non-hydrogen) atoms. The van der Waals surface area contributed by atoms with Crippen LogP contribution in [0, 0.1) is 0 Å². The molecule has 0 bridgehead atoms. The number of amides is 1. The molecule has 1 saturated carbocycles. The first-order valence-corrected chi connectivity index (χ1v) is 12.2. The third-order valence-electron chi connectivity index (χ3n) is 6.92. The molecule has 1 aliphatic carbocycles. The molecule has 0 spiro atoms. The van der Waals surface area contributed by atoms with Crippen LogP contribution in [0.5, 0.6) is 0 Å². The molecule has 0 aromatic heterocycles. The number of halogens is 2. The van der Waals surface area contributed by atoms with Crippen LogP contribution in [0.3, 0.4) is 0 Å². The maximum Gasteiger partial charge on any atom is 0.254 e. The maximum absolute atomic E-state index is 13.2. The van der Waals surface area contributed by atoms with Gasteiger partial charge in [0.15, 0.2) is 0 Å². The molecule has 0 N–H and O–H groups in total. The van der Waals surface area contributed by atoms with Crippen LogP contribution < -0.4 is 0 Å². The molecule has 3 atom stereocenters. The van der Waals surface area contributed by atoms with E-state index in [-0.39, 0.29) is 24.2 Å². The first-order valence-electron chi connectivity index (χ1n) is 11.4. The van der Waals surface area contributed by atoms with Gasteiger partial charge < -0.3 is 14.4 Å². The number of hydrogen-bond donors (Lipinski definition) is 0. The number of methoxy groups -OCH3 is 1. The molecule has 2 aliphatic heterocycles. The lowest BCUT2D eigenvalue weighted by Crippen LogP contribution is -2.48. The van der Waals surface area contributed by atoms with Crippen molar-refractivity contribution in [3.63, 3.8) is 0 Å². The Labute approximate surface area is 200 Å². The van der Waals surface area contributed by atoms with E-state index in [1.165, 1.54) is 5.57 Å². The van der Waals surface area contributed by atoms with Gasteiger partial charge in [0.1, 0.15) is 0 Å². The number of hydrogen-bond acceptors (Lipinski definition) is 4. The minimum absolute atomic E-state index is 0.00245. The summed E-state index contributed by atoms with van der Waals surface area (Å²) < 4.78 is 12.0. The van der Waals surface area contributed by atoms with Crippen LogP contribution in [-0.4, -0.2) is 73.9 Å². The van der Waals surface area contributed by atoms with Crippen molar-refractivity contribution in [1.29, 1.82) is 0 Å².